The van der Waals surface area contributed by atoms with Gasteiger partial charge in [0.25, 0.3) is 0 Å². The second-order valence-electron chi connectivity index (χ2n) is 7.10. The highest BCUT2D eigenvalue weighted by Gasteiger charge is 2.37. The van der Waals surface area contributed by atoms with E-state index in [0.29, 0.717) is 11.8 Å². The van der Waals surface area contributed by atoms with E-state index < -0.39 is 0 Å². The van der Waals surface area contributed by atoms with E-state index in [1.165, 1.54) is 30.4 Å². The second-order valence-corrected chi connectivity index (χ2v) is 7.10. The van der Waals surface area contributed by atoms with Gasteiger partial charge in [0, 0.05) is 27.1 Å². The number of methoxy groups -OCH3 is 1. The molecule has 0 amide bonds. The van der Waals surface area contributed by atoms with Crippen LogP contribution in [0.3, 0.4) is 0 Å². The number of likely N-dealkylation sites (tertiary alicyclic amines) is 1. The molecule has 0 N–H and O–H groups in total. The fraction of sp³-hybridized carbons (Fsp3) is 0.579. The monoisotopic (exact) mass is 327 g/mol. The third-order valence-corrected chi connectivity index (χ3v) is 5.47. The maximum atomic E-state index is 5.72. The van der Waals surface area contributed by atoms with Crippen LogP contribution in [0.1, 0.15) is 41.8 Å². The van der Waals surface area contributed by atoms with Crippen molar-refractivity contribution in [2.75, 3.05) is 20.2 Å². The molecule has 24 heavy (non-hydrogen) atoms. The number of hydrogen-bond donors (Lipinski definition) is 0. The van der Waals surface area contributed by atoms with Gasteiger partial charge in [-0.15, -0.1) is 10.2 Å². The molecule has 5 heteroatoms. The summed E-state index contributed by atoms with van der Waals surface area (Å²) in [5, 5.41) is 8.27. The Morgan fingerprint density at radius 3 is 2.83 bits per heavy atom. The van der Waals surface area contributed by atoms with Crippen LogP contribution in [0.25, 0.3) is 0 Å². The number of aromatic nitrogens is 2. The number of benzene rings is 1. The Bertz CT molecular complexity index is 699. The summed E-state index contributed by atoms with van der Waals surface area (Å²) in [6, 6.07) is 9.04. The third kappa shape index (κ3) is 3.10. The van der Waals surface area contributed by atoms with E-state index >= 15 is 0 Å². The fourth-order valence-electron chi connectivity index (χ4n) is 4.20. The highest BCUT2D eigenvalue weighted by atomic mass is 16.5. The van der Waals surface area contributed by atoms with Crippen molar-refractivity contribution in [1.29, 1.82) is 0 Å². The van der Waals surface area contributed by atoms with Gasteiger partial charge in [-0.2, -0.15) is 0 Å². The summed E-state index contributed by atoms with van der Waals surface area (Å²) < 4.78 is 11.3. The Kier molecular flexibility index (Phi) is 4.37. The number of aryl methyl sites for hydroxylation is 2. The van der Waals surface area contributed by atoms with Crippen LogP contribution in [-0.2, 0) is 17.6 Å². The molecule has 1 saturated heterocycles. The summed E-state index contributed by atoms with van der Waals surface area (Å²) in [6.07, 6.45) is 4.78. The van der Waals surface area contributed by atoms with Crippen molar-refractivity contribution in [2.24, 2.45) is 5.92 Å². The van der Waals surface area contributed by atoms with Gasteiger partial charge in [-0.25, -0.2) is 0 Å². The number of ether oxygens (including phenoxy) is 1. The summed E-state index contributed by atoms with van der Waals surface area (Å²) in [5.74, 6) is 2.06. The molecular formula is C19H25N3O2. The first-order valence-electron chi connectivity index (χ1n) is 8.86. The van der Waals surface area contributed by atoms with Crippen LogP contribution in [0, 0.1) is 12.8 Å². The summed E-state index contributed by atoms with van der Waals surface area (Å²) in [7, 11) is 1.79. The molecule has 0 bridgehead atoms. The molecule has 2 heterocycles. The lowest BCUT2D eigenvalue weighted by molar-refractivity contribution is 0.105. The molecule has 1 fully saturated rings. The zero-order chi connectivity index (χ0) is 16.5. The van der Waals surface area contributed by atoms with E-state index in [-0.39, 0.29) is 12.1 Å². The molecule has 0 spiro atoms. The van der Waals surface area contributed by atoms with Crippen LogP contribution < -0.4 is 0 Å². The summed E-state index contributed by atoms with van der Waals surface area (Å²) >= 11 is 0. The maximum absolute atomic E-state index is 5.72. The normalized spacial score (nSPS) is 27.3. The highest BCUT2D eigenvalue weighted by Crippen LogP contribution is 2.35. The molecular weight excluding hydrogens is 302 g/mol. The van der Waals surface area contributed by atoms with Gasteiger partial charge in [0.1, 0.15) is 0 Å². The smallest absolute Gasteiger partial charge is 0.233 e. The van der Waals surface area contributed by atoms with E-state index in [0.717, 1.165) is 25.4 Å². The first kappa shape index (κ1) is 15.8. The Labute approximate surface area is 143 Å². The number of fused-ring (bicyclic) bond motifs is 1. The van der Waals surface area contributed by atoms with Crippen molar-refractivity contribution in [3.05, 3.63) is 47.2 Å². The molecule has 0 saturated carbocycles. The summed E-state index contributed by atoms with van der Waals surface area (Å²) in [4.78, 5) is 2.49. The predicted molar refractivity (Wildman–Crippen MR) is 90.7 cm³/mol. The molecule has 2 aliphatic rings. The van der Waals surface area contributed by atoms with Gasteiger partial charge in [-0.05, 0) is 42.7 Å². The molecule has 128 valence electrons. The minimum absolute atomic E-state index is 0.188. The molecule has 2 aromatic rings. The van der Waals surface area contributed by atoms with Crippen LogP contribution in [0.5, 0.6) is 0 Å². The number of nitrogens with zero attached hydrogens (tertiary/aromatic N) is 3. The van der Waals surface area contributed by atoms with Crippen LogP contribution in [0.4, 0.5) is 0 Å². The molecule has 1 aromatic heterocycles. The quantitative estimate of drug-likeness (QED) is 0.864. The van der Waals surface area contributed by atoms with Crippen molar-refractivity contribution in [3.8, 4) is 0 Å². The van der Waals surface area contributed by atoms with Crippen molar-refractivity contribution in [1.82, 2.24) is 15.1 Å². The molecule has 1 aromatic carbocycles. The van der Waals surface area contributed by atoms with Crippen LogP contribution in [0.2, 0.25) is 0 Å². The molecule has 4 rings (SSSR count). The Balaban J connectivity index is 1.48. The first-order chi connectivity index (χ1) is 11.7. The largest absolute Gasteiger partial charge is 0.424 e. The van der Waals surface area contributed by atoms with Gasteiger partial charge in [0.05, 0.1) is 12.1 Å². The van der Waals surface area contributed by atoms with E-state index in [1.54, 1.807) is 7.11 Å². The fourth-order valence-corrected chi connectivity index (χ4v) is 4.20. The van der Waals surface area contributed by atoms with Gasteiger partial charge >= 0.3 is 0 Å². The van der Waals surface area contributed by atoms with Crippen molar-refractivity contribution in [2.45, 2.75) is 44.8 Å². The zero-order valence-electron chi connectivity index (χ0n) is 14.4. The number of hydrogen-bond acceptors (Lipinski definition) is 5. The Morgan fingerprint density at radius 1 is 1.25 bits per heavy atom. The Hall–Kier alpha value is -1.72. The van der Waals surface area contributed by atoms with Crippen LogP contribution in [0.15, 0.2) is 28.7 Å². The van der Waals surface area contributed by atoms with Crippen LogP contribution in [-0.4, -0.2) is 41.4 Å². The van der Waals surface area contributed by atoms with Crippen molar-refractivity contribution < 1.29 is 9.15 Å². The van der Waals surface area contributed by atoms with E-state index in [1.807, 2.05) is 6.92 Å². The summed E-state index contributed by atoms with van der Waals surface area (Å²) in [6.45, 7) is 3.86. The molecule has 1 aliphatic heterocycles. The lowest BCUT2D eigenvalue weighted by Gasteiger charge is -2.30. The Morgan fingerprint density at radius 2 is 2.08 bits per heavy atom. The zero-order valence-corrected chi connectivity index (χ0v) is 14.4. The molecule has 0 radical (unpaired) electrons. The van der Waals surface area contributed by atoms with Crippen LogP contribution >= 0.6 is 0 Å². The topological polar surface area (TPSA) is 51.4 Å². The van der Waals surface area contributed by atoms with Crippen molar-refractivity contribution >= 4 is 0 Å². The molecule has 1 aliphatic carbocycles. The van der Waals surface area contributed by atoms with E-state index in [9.17, 15) is 0 Å². The molecule has 5 nitrogen and oxygen atoms in total. The number of rotatable bonds is 4. The molecule has 3 atom stereocenters. The SMILES string of the molecule is CO[C@@H]1C[C@H](c2nnc(C)o2)N(CC2CCc3ccccc3C2)C1. The van der Waals surface area contributed by atoms with E-state index in [4.69, 9.17) is 9.15 Å². The van der Waals surface area contributed by atoms with Gasteiger partial charge < -0.3 is 9.15 Å². The van der Waals surface area contributed by atoms with Gasteiger partial charge in [-0.1, -0.05) is 24.3 Å². The first-order valence-corrected chi connectivity index (χ1v) is 8.86. The average molecular weight is 327 g/mol. The third-order valence-electron chi connectivity index (χ3n) is 5.47. The highest BCUT2D eigenvalue weighted by molar-refractivity contribution is 5.29. The second kappa shape index (κ2) is 6.65. The minimum Gasteiger partial charge on any atom is -0.424 e. The molecule has 1 unspecified atom stereocenters. The summed E-state index contributed by atoms with van der Waals surface area (Å²) in [5.41, 5.74) is 3.04. The standard InChI is InChI=1S/C19H25N3O2/c1-13-20-21-19(24-13)18-10-17(23-2)12-22(18)11-14-7-8-15-5-3-4-6-16(15)9-14/h3-6,14,17-18H,7-12H2,1-2H3/t14?,17-,18-/m1/s1. The lowest BCUT2D eigenvalue weighted by Crippen LogP contribution is -2.33. The average Bonchev–Trinajstić information content (AvgIpc) is 3.20. The van der Waals surface area contributed by atoms with E-state index in [2.05, 4.69) is 39.4 Å². The lowest BCUT2D eigenvalue weighted by atomic mass is 9.83. The maximum Gasteiger partial charge on any atom is 0.233 e. The van der Waals surface area contributed by atoms with Crippen molar-refractivity contribution in [3.63, 3.8) is 0 Å². The van der Waals surface area contributed by atoms with Gasteiger partial charge in [0.15, 0.2) is 0 Å². The predicted octanol–water partition coefficient (Wildman–Crippen LogP) is 2.94. The minimum atomic E-state index is 0.188. The van der Waals surface area contributed by atoms with Gasteiger partial charge in [0.2, 0.25) is 11.8 Å². The van der Waals surface area contributed by atoms with Gasteiger partial charge in [-0.3, -0.25) is 4.90 Å².